The SMILES string of the molecule is COC(=O)C(CSc1ccccc1)NC(=O)OC(C)(C)C. The maximum atomic E-state index is 11.8. The van der Waals surface area contributed by atoms with Gasteiger partial charge in [-0.25, -0.2) is 9.59 Å². The van der Waals surface area contributed by atoms with Crippen molar-refractivity contribution in [1.82, 2.24) is 5.32 Å². The molecule has 5 nitrogen and oxygen atoms in total. The summed E-state index contributed by atoms with van der Waals surface area (Å²) >= 11 is 1.46. The number of carbonyl (C=O) groups excluding carboxylic acids is 2. The first-order valence-electron chi connectivity index (χ1n) is 6.57. The average molecular weight is 311 g/mol. The highest BCUT2D eigenvalue weighted by Gasteiger charge is 2.25. The Morgan fingerprint density at radius 2 is 1.86 bits per heavy atom. The van der Waals surface area contributed by atoms with Gasteiger partial charge in [0.15, 0.2) is 0 Å². The van der Waals surface area contributed by atoms with E-state index in [0.717, 1.165) is 4.90 Å². The fraction of sp³-hybridized carbons (Fsp3) is 0.467. The van der Waals surface area contributed by atoms with Crippen molar-refractivity contribution < 1.29 is 19.1 Å². The Bertz CT molecular complexity index is 470. The molecule has 1 aromatic carbocycles. The third-order valence-electron chi connectivity index (χ3n) is 2.34. The number of rotatable bonds is 5. The van der Waals surface area contributed by atoms with E-state index < -0.39 is 23.7 Å². The molecule has 0 radical (unpaired) electrons. The van der Waals surface area contributed by atoms with Gasteiger partial charge in [-0.15, -0.1) is 11.8 Å². The summed E-state index contributed by atoms with van der Waals surface area (Å²) in [6, 6.07) is 8.86. The van der Waals surface area contributed by atoms with Crippen LogP contribution in [0.25, 0.3) is 0 Å². The molecule has 116 valence electrons. The van der Waals surface area contributed by atoms with E-state index in [0.29, 0.717) is 5.75 Å². The number of amides is 1. The second-order valence-electron chi connectivity index (χ2n) is 5.35. The van der Waals surface area contributed by atoms with E-state index in [1.807, 2.05) is 30.3 Å². The van der Waals surface area contributed by atoms with E-state index in [1.165, 1.54) is 18.9 Å². The van der Waals surface area contributed by atoms with Crippen LogP contribution < -0.4 is 5.32 Å². The van der Waals surface area contributed by atoms with E-state index in [9.17, 15) is 9.59 Å². The third-order valence-corrected chi connectivity index (χ3v) is 3.44. The fourth-order valence-electron chi connectivity index (χ4n) is 1.46. The lowest BCUT2D eigenvalue weighted by atomic mass is 10.2. The summed E-state index contributed by atoms with van der Waals surface area (Å²) in [4.78, 5) is 24.5. The molecule has 1 unspecified atom stereocenters. The van der Waals surface area contributed by atoms with Crippen molar-refractivity contribution in [3.63, 3.8) is 0 Å². The molecule has 0 aliphatic rings. The smallest absolute Gasteiger partial charge is 0.408 e. The monoisotopic (exact) mass is 311 g/mol. The van der Waals surface area contributed by atoms with E-state index in [1.54, 1.807) is 20.8 Å². The maximum Gasteiger partial charge on any atom is 0.408 e. The van der Waals surface area contributed by atoms with Crippen molar-refractivity contribution in [3.8, 4) is 0 Å². The highest BCUT2D eigenvalue weighted by atomic mass is 32.2. The zero-order chi connectivity index (χ0) is 15.9. The van der Waals surface area contributed by atoms with Gasteiger partial charge in [-0.3, -0.25) is 0 Å². The molecule has 21 heavy (non-hydrogen) atoms. The Morgan fingerprint density at radius 3 is 2.38 bits per heavy atom. The van der Waals surface area contributed by atoms with E-state index >= 15 is 0 Å². The number of benzene rings is 1. The predicted molar refractivity (Wildman–Crippen MR) is 82.3 cm³/mol. The highest BCUT2D eigenvalue weighted by Crippen LogP contribution is 2.18. The van der Waals surface area contributed by atoms with Gasteiger partial charge in [0.25, 0.3) is 0 Å². The maximum absolute atomic E-state index is 11.8. The molecule has 1 N–H and O–H groups in total. The van der Waals surface area contributed by atoms with Crippen LogP contribution in [-0.2, 0) is 14.3 Å². The van der Waals surface area contributed by atoms with Gasteiger partial charge in [0.2, 0.25) is 0 Å². The summed E-state index contributed by atoms with van der Waals surface area (Å²) in [5.41, 5.74) is -0.614. The van der Waals surface area contributed by atoms with Crippen molar-refractivity contribution in [2.45, 2.75) is 37.3 Å². The quantitative estimate of drug-likeness (QED) is 0.669. The van der Waals surface area contributed by atoms with Gasteiger partial charge in [0.05, 0.1) is 7.11 Å². The minimum atomic E-state index is -0.755. The minimum absolute atomic E-state index is 0.371. The Balaban J connectivity index is 2.60. The van der Waals surface area contributed by atoms with Crippen molar-refractivity contribution in [2.24, 2.45) is 0 Å². The number of alkyl carbamates (subject to hydrolysis) is 1. The van der Waals surface area contributed by atoms with Crippen LogP contribution in [0.5, 0.6) is 0 Å². The molecular formula is C15H21NO4S. The van der Waals surface area contributed by atoms with Crippen LogP contribution in [0.4, 0.5) is 4.79 Å². The topological polar surface area (TPSA) is 64.6 Å². The van der Waals surface area contributed by atoms with Crippen molar-refractivity contribution >= 4 is 23.8 Å². The van der Waals surface area contributed by atoms with Gasteiger partial charge >= 0.3 is 12.1 Å². The van der Waals surface area contributed by atoms with E-state index in [-0.39, 0.29) is 0 Å². The van der Waals surface area contributed by atoms with Crippen molar-refractivity contribution in [3.05, 3.63) is 30.3 Å². The molecule has 0 aliphatic heterocycles. The molecule has 0 saturated heterocycles. The number of esters is 1. The number of nitrogens with one attached hydrogen (secondary N) is 1. The van der Waals surface area contributed by atoms with Crippen LogP contribution in [0.1, 0.15) is 20.8 Å². The van der Waals surface area contributed by atoms with Crippen LogP contribution in [0.2, 0.25) is 0 Å². The molecular weight excluding hydrogens is 290 g/mol. The number of hydrogen-bond acceptors (Lipinski definition) is 5. The molecule has 0 aromatic heterocycles. The molecule has 0 bridgehead atoms. The lowest BCUT2D eigenvalue weighted by molar-refractivity contribution is -0.142. The Morgan fingerprint density at radius 1 is 1.24 bits per heavy atom. The second-order valence-corrected chi connectivity index (χ2v) is 6.44. The van der Waals surface area contributed by atoms with Crippen LogP contribution in [-0.4, -0.2) is 36.6 Å². The average Bonchev–Trinajstić information content (AvgIpc) is 2.41. The van der Waals surface area contributed by atoms with Crippen molar-refractivity contribution in [1.29, 1.82) is 0 Å². The zero-order valence-electron chi connectivity index (χ0n) is 12.7. The standard InChI is InChI=1S/C15H21NO4S/c1-15(2,3)20-14(18)16-12(13(17)19-4)10-21-11-8-6-5-7-9-11/h5-9,12H,10H2,1-4H3,(H,16,18). The summed E-state index contributed by atoms with van der Waals surface area (Å²) in [6.45, 7) is 5.29. The van der Waals surface area contributed by atoms with Gasteiger partial charge < -0.3 is 14.8 Å². The molecule has 1 atom stereocenters. The van der Waals surface area contributed by atoms with Crippen LogP contribution in [0.15, 0.2) is 35.2 Å². The number of ether oxygens (including phenoxy) is 2. The van der Waals surface area contributed by atoms with Gasteiger partial charge in [0, 0.05) is 10.6 Å². The minimum Gasteiger partial charge on any atom is -0.467 e. The number of thioether (sulfide) groups is 1. The first-order chi connectivity index (χ1) is 9.81. The summed E-state index contributed by atoms with van der Waals surface area (Å²) in [6.07, 6.45) is -0.633. The molecule has 1 aromatic rings. The van der Waals surface area contributed by atoms with Crippen LogP contribution >= 0.6 is 11.8 Å². The van der Waals surface area contributed by atoms with Gasteiger partial charge in [0.1, 0.15) is 11.6 Å². The predicted octanol–water partition coefficient (Wildman–Crippen LogP) is 2.85. The normalized spacial score (nSPS) is 12.4. The molecule has 0 spiro atoms. The lowest BCUT2D eigenvalue weighted by Gasteiger charge is -2.22. The summed E-state index contributed by atoms with van der Waals surface area (Å²) in [5, 5.41) is 2.54. The molecule has 0 saturated carbocycles. The molecule has 0 fully saturated rings. The summed E-state index contributed by atoms with van der Waals surface area (Å²) in [5.74, 6) is -0.125. The molecule has 1 rings (SSSR count). The number of methoxy groups -OCH3 is 1. The van der Waals surface area contributed by atoms with Gasteiger partial charge in [-0.05, 0) is 32.9 Å². The molecule has 0 heterocycles. The highest BCUT2D eigenvalue weighted by molar-refractivity contribution is 7.99. The Labute approximate surface area is 129 Å². The molecule has 0 aliphatic carbocycles. The Hall–Kier alpha value is -1.69. The van der Waals surface area contributed by atoms with Gasteiger partial charge in [-0.2, -0.15) is 0 Å². The van der Waals surface area contributed by atoms with E-state index in [4.69, 9.17) is 9.47 Å². The Kier molecular flexibility index (Phi) is 6.55. The van der Waals surface area contributed by atoms with Crippen LogP contribution in [0, 0.1) is 0 Å². The first kappa shape index (κ1) is 17.4. The number of hydrogen-bond donors (Lipinski definition) is 1. The zero-order valence-corrected chi connectivity index (χ0v) is 13.5. The number of carbonyl (C=O) groups is 2. The van der Waals surface area contributed by atoms with E-state index in [2.05, 4.69) is 5.32 Å². The third kappa shape index (κ3) is 7.04. The van der Waals surface area contributed by atoms with Crippen LogP contribution in [0.3, 0.4) is 0 Å². The fourth-order valence-corrected chi connectivity index (χ4v) is 2.39. The summed E-state index contributed by atoms with van der Waals surface area (Å²) in [7, 11) is 1.29. The van der Waals surface area contributed by atoms with Crippen molar-refractivity contribution in [2.75, 3.05) is 12.9 Å². The lowest BCUT2D eigenvalue weighted by Crippen LogP contribution is -2.45. The first-order valence-corrected chi connectivity index (χ1v) is 7.55. The molecule has 1 amide bonds. The largest absolute Gasteiger partial charge is 0.467 e. The molecule has 6 heteroatoms. The van der Waals surface area contributed by atoms with Gasteiger partial charge in [-0.1, -0.05) is 18.2 Å². The second kappa shape index (κ2) is 7.93. The summed E-state index contributed by atoms with van der Waals surface area (Å²) < 4.78 is 9.86.